The average Bonchev–Trinajstić information content (AvgIpc) is 2.97. The van der Waals surface area contributed by atoms with Gasteiger partial charge in [0.25, 0.3) is 0 Å². The summed E-state index contributed by atoms with van der Waals surface area (Å²) < 4.78 is 16.1. The second-order valence-corrected chi connectivity index (χ2v) is 6.88. The fraction of sp³-hybridized carbons (Fsp3) is 0.471. The summed E-state index contributed by atoms with van der Waals surface area (Å²) >= 11 is 3.17. The zero-order valence-electron chi connectivity index (χ0n) is 14.4. The number of fused-ring (bicyclic) bond motifs is 1. The maximum atomic E-state index is 13.6. The largest absolute Gasteiger partial charge is 0.357 e. The summed E-state index contributed by atoms with van der Waals surface area (Å²) in [4.78, 5) is 9.12. The highest BCUT2D eigenvalue weighted by atomic mass is 79.9. The molecule has 0 fully saturated rings. The van der Waals surface area contributed by atoms with Crippen molar-refractivity contribution >= 4 is 21.9 Å². The van der Waals surface area contributed by atoms with Crippen LogP contribution in [-0.2, 0) is 13.1 Å². The van der Waals surface area contributed by atoms with Crippen LogP contribution in [0.2, 0.25) is 0 Å². The lowest BCUT2D eigenvalue weighted by molar-refractivity contribution is 0.397. The molecule has 1 aliphatic rings. The minimum absolute atomic E-state index is 0.0782. The number of aryl methyl sites for hydroxylation is 2. The topological polar surface area (TPSA) is 67.1 Å². The maximum absolute atomic E-state index is 13.6. The predicted octanol–water partition coefficient (Wildman–Crippen LogP) is 3.08. The molecule has 0 radical (unpaired) electrons. The van der Waals surface area contributed by atoms with Gasteiger partial charge in [-0.25, -0.2) is 19.0 Å². The van der Waals surface area contributed by atoms with Crippen molar-refractivity contribution in [2.45, 2.75) is 45.8 Å². The van der Waals surface area contributed by atoms with Crippen LogP contribution in [0.3, 0.4) is 0 Å². The lowest BCUT2D eigenvalue weighted by Crippen LogP contribution is -2.41. The van der Waals surface area contributed by atoms with E-state index in [1.54, 1.807) is 6.07 Å². The van der Waals surface area contributed by atoms with Gasteiger partial charge < -0.3 is 10.6 Å². The van der Waals surface area contributed by atoms with Crippen LogP contribution in [0.4, 0.5) is 4.39 Å². The van der Waals surface area contributed by atoms with Crippen molar-refractivity contribution in [3.8, 4) is 0 Å². The Bertz CT molecular complexity index is 772. The van der Waals surface area contributed by atoms with E-state index in [4.69, 9.17) is 0 Å². The molecule has 1 atom stereocenters. The van der Waals surface area contributed by atoms with Gasteiger partial charge in [0.05, 0.1) is 17.1 Å². The lowest BCUT2D eigenvalue weighted by Gasteiger charge is -2.25. The molecule has 0 aliphatic carbocycles. The van der Waals surface area contributed by atoms with Crippen LogP contribution in [0.5, 0.6) is 0 Å². The van der Waals surface area contributed by atoms with Crippen LogP contribution in [0, 0.1) is 12.7 Å². The Morgan fingerprint density at radius 3 is 3.08 bits per heavy atom. The summed E-state index contributed by atoms with van der Waals surface area (Å²) in [6.07, 6.45) is 2.03. The molecule has 0 spiro atoms. The van der Waals surface area contributed by atoms with Crippen molar-refractivity contribution in [3.05, 3.63) is 45.7 Å². The zero-order chi connectivity index (χ0) is 17.8. The standard InChI is InChI=1S/C17H22BrFN6/c1-3-20-17(21-10-12-6-7-13(18)14(19)9-12)23-15-5-4-8-25-16(15)22-11(2)24-25/h6-7,9,15H,3-5,8,10H2,1-2H3,(H2,20,21,23). The Morgan fingerprint density at radius 1 is 1.48 bits per heavy atom. The minimum atomic E-state index is -0.276. The fourth-order valence-electron chi connectivity index (χ4n) is 2.90. The SMILES string of the molecule is CCNC(=NCc1ccc(Br)c(F)c1)NC1CCCn2nc(C)nc21. The van der Waals surface area contributed by atoms with Gasteiger partial charge >= 0.3 is 0 Å². The summed E-state index contributed by atoms with van der Waals surface area (Å²) in [6, 6.07) is 5.14. The van der Waals surface area contributed by atoms with Crippen molar-refractivity contribution < 1.29 is 4.39 Å². The van der Waals surface area contributed by atoms with E-state index in [1.165, 1.54) is 6.07 Å². The predicted molar refractivity (Wildman–Crippen MR) is 98.8 cm³/mol. The van der Waals surface area contributed by atoms with E-state index in [0.29, 0.717) is 17.0 Å². The number of hydrogen-bond acceptors (Lipinski definition) is 3. The molecule has 25 heavy (non-hydrogen) atoms. The normalized spacial score (nSPS) is 17.3. The Morgan fingerprint density at radius 2 is 2.32 bits per heavy atom. The van der Waals surface area contributed by atoms with Gasteiger partial charge in [-0.15, -0.1) is 0 Å². The first-order valence-corrected chi connectivity index (χ1v) is 9.26. The quantitative estimate of drug-likeness (QED) is 0.602. The average molecular weight is 409 g/mol. The number of guanidine groups is 1. The number of aromatic nitrogens is 3. The van der Waals surface area contributed by atoms with Crippen molar-refractivity contribution in [3.63, 3.8) is 0 Å². The first-order valence-electron chi connectivity index (χ1n) is 8.47. The molecule has 1 aliphatic heterocycles. The van der Waals surface area contributed by atoms with E-state index < -0.39 is 0 Å². The Hall–Kier alpha value is -1.96. The molecule has 2 N–H and O–H groups in total. The molecule has 134 valence electrons. The number of hydrogen-bond donors (Lipinski definition) is 2. The molecule has 6 nitrogen and oxygen atoms in total. The lowest BCUT2D eigenvalue weighted by atomic mass is 10.1. The van der Waals surface area contributed by atoms with E-state index in [2.05, 4.69) is 41.6 Å². The number of nitrogens with one attached hydrogen (secondary N) is 2. The third-order valence-electron chi connectivity index (χ3n) is 4.04. The van der Waals surface area contributed by atoms with Crippen LogP contribution in [0.25, 0.3) is 0 Å². The highest BCUT2D eigenvalue weighted by Gasteiger charge is 2.24. The summed E-state index contributed by atoms with van der Waals surface area (Å²) in [5, 5.41) is 11.1. The molecule has 8 heteroatoms. The summed E-state index contributed by atoms with van der Waals surface area (Å²) in [6.45, 7) is 5.98. The van der Waals surface area contributed by atoms with Crippen molar-refractivity contribution in [1.29, 1.82) is 0 Å². The third kappa shape index (κ3) is 4.36. The Balaban J connectivity index is 1.74. The number of nitrogens with zero attached hydrogens (tertiary/aromatic N) is 4. The molecule has 3 rings (SSSR count). The second kappa shape index (κ2) is 7.95. The van der Waals surface area contributed by atoms with Gasteiger partial charge in [0.2, 0.25) is 0 Å². The van der Waals surface area contributed by atoms with Gasteiger partial charge in [-0.3, -0.25) is 0 Å². The van der Waals surface area contributed by atoms with Gasteiger partial charge in [-0.2, -0.15) is 5.10 Å². The highest BCUT2D eigenvalue weighted by molar-refractivity contribution is 9.10. The van der Waals surface area contributed by atoms with Gasteiger partial charge in [-0.1, -0.05) is 6.07 Å². The molecule has 2 aromatic rings. The van der Waals surface area contributed by atoms with E-state index >= 15 is 0 Å². The number of benzene rings is 1. The van der Waals surface area contributed by atoms with Crippen molar-refractivity contribution in [1.82, 2.24) is 25.4 Å². The molecule has 1 aromatic heterocycles. The molecular formula is C17H22BrFN6. The molecule has 2 heterocycles. The minimum Gasteiger partial charge on any atom is -0.357 e. The molecule has 0 saturated carbocycles. The Labute approximate surface area is 155 Å². The van der Waals surface area contributed by atoms with Crippen LogP contribution < -0.4 is 10.6 Å². The summed E-state index contributed by atoms with van der Waals surface area (Å²) in [5.41, 5.74) is 0.820. The number of rotatable bonds is 4. The molecule has 0 amide bonds. The molecular weight excluding hydrogens is 387 g/mol. The van der Waals surface area contributed by atoms with Crippen LogP contribution >= 0.6 is 15.9 Å². The van der Waals surface area contributed by atoms with E-state index in [-0.39, 0.29) is 11.9 Å². The summed E-state index contributed by atoms with van der Waals surface area (Å²) in [5.74, 6) is 2.16. The van der Waals surface area contributed by atoms with E-state index in [0.717, 1.165) is 43.1 Å². The van der Waals surface area contributed by atoms with Gasteiger partial charge in [0.15, 0.2) is 5.96 Å². The molecule has 1 unspecified atom stereocenters. The second-order valence-electron chi connectivity index (χ2n) is 6.02. The van der Waals surface area contributed by atoms with E-state index in [9.17, 15) is 4.39 Å². The van der Waals surface area contributed by atoms with Crippen molar-refractivity contribution in [2.24, 2.45) is 4.99 Å². The number of aliphatic imine (C=N–C) groups is 1. The maximum Gasteiger partial charge on any atom is 0.192 e. The van der Waals surface area contributed by atoms with Gasteiger partial charge in [0.1, 0.15) is 17.5 Å². The van der Waals surface area contributed by atoms with Gasteiger partial charge in [-0.05, 0) is 60.3 Å². The molecule has 0 saturated heterocycles. The van der Waals surface area contributed by atoms with Crippen LogP contribution in [0.15, 0.2) is 27.7 Å². The van der Waals surface area contributed by atoms with Gasteiger partial charge in [0, 0.05) is 13.1 Å². The van der Waals surface area contributed by atoms with Crippen LogP contribution in [-0.4, -0.2) is 27.3 Å². The monoisotopic (exact) mass is 408 g/mol. The first kappa shape index (κ1) is 17.8. The number of halogens is 2. The highest BCUT2D eigenvalue weighted by Crippen LogP contribution is 2.23. The first-order chi connectivity index (χ1) is 12.1. The smallest absolute Gasteiger partial charge is 0.192 e. The van der Waals surface area contributed by atoms with Crippen LogP contribution in [0.1, 0.15) is 43.0 Å². The molecule has 1 aromatic carbocycles. The molecule has 0 bridgehead atoms. The zero-order valence-corrected chi connectivity index (χ0v) is 16.0. The van der Waals surface area contributed by atoms with Crippen molar-refractivity contribution in [2.75, 3.05) is 6.54 Å². The Kier molecular flexibility index (Phi) is 5.67. The fourth-order valence-corrected chi connectivity index (χ4v) is 3.15. The summed E-state index contributed by atoms with van der Waals surface area (Å²) in [7, 11) is 0. The van der Waals surface area contributed by atoms with E-state index in [1.807, 2.05) is 24.6 Å². The third-order valence-corrected chi connectivity index (χ3v) is 4.68.